The molecule has 1 atom stereocenters. The molecule has 0 spiro atoms. The van der Waals surface area contributed by atoms with E-state index in [1.165, 1.54) is 12.1 Å². The van der Waals surface area contributed by atoms with Gasteiger partial charge >= 0.3 is 5.76 Å². The van der Waals surface area contributed by atoms with Crippen molar-refractivity contribution in [3.63, 3.8) is 0 Å². The summed E-state index contributed by atoms with van der Waals surface area (Å²) >= 11 is 0. The number of nitrogens with one attached hydrogen (secondary N) is 2. The molecule has 0 saturated heterocycles. The van der Waals surface area contributed by atoms with Gasteiger partial charge in [-0.3, -0.25) is 0 Å². The predicted octanol–water partition coefficient (Wildman–Crippen LogP) is 0.517. The minimum absolute atomic E-state index is 0.118. The maximum absolute atomic E-state index is 12.6. The molecule has 0 aliphatic heterocycles. The van der Waals surface area contributed by atoms with Crippen LogP contribution >= 0.6 is 0 Å². The van der Waals surface area contributed by atoms with Gasteiger partial charge in [-0.2, -0.15) is 0 Å². The van der Waals surface area contributed by atoms with Crippen LogP contribution in [0.25, 0.3) is 0 Å². The molecule has 3 N–H and O–H groups in total. The molecule has 2 aromatic rings. The van der Waals surface area contributed by atoms with Gasteiger partial charge in [0.05, 0.1) is 12.5 Å². The van der Waals surface area contributed by atoms with Crippen molar-refractivity contribution >= 4 is 5.69 Å². The average Bonchev–Trinajstić information content (AvgIpc) is 2.74. The van der Waals surface area contributed by atoms with E-state index in [1.54, 1.807) is 12.1 Å². The number of hydrogen-bond donors (Lipinski definition) is 3. The smallest absolute Gasteiger partial charge is 0.392 e. The standard InChI is InChI=1S/C11H12FN3O3/c12-7-1-3-8(4-2-7)13-6-9(16)5-10-14-15-11(17)18-10/h1-4,9,13,16H,5-6H2,(H,15,17). The number of nitrogens with zero attached hydrogens (tertiary/aromatic N) is 1. The van der Waals surface area contributed by atoms with Crippen LogP contribution in [0.2, 0.25) is 0 Å². The molecule has 0 amide bonds. The lowest BCUT2D eigenvalue weighted by Crippen LogP contribution is -2.22. The van der Waals surface area contributed by atoms with Crippen molar-refractivity contribution in [1.82, 2.24) is 10.2 Å². The Hall–Kier alpha value is -2.15. The van der Waals surface area contributed by atoms with E-state index in [4.69, 9.17) is 0 Å². The second-order valence-corrected chi connectivity index (χ2v) is 3.75. The van der Waals surface area contributed by atoms with Gasteiger partial charge in [0.1, 0.15) is 5.82 Å². The van der Waals surface area contributed by atoms with Crippen molar-refractivity contribution in [1.29, 1.82) is 0 Å². The first-order valence-electron chi connectivity index (χ1n) is 5.35. The summed E-state index contributed by atoms with van der Waals surface area (Å²) in [4.78, 5) is 10.7. The molecule has 2 rings (SSSR count). The zero-order valence-corrected chi connectivity index (χ0v) is 9.39. The van der Waals surface area contributed by atoms with Gasteiger partial charge in [-0.05, 0) is 24.3 Å². The van der Waals surface area contributed by atoms with Gasteiger partial charge in [0.2, 0.25) is 5.89 Å². The highest BCUT2D eigenvalue weighted by molar-refractivity contribution is 5.42. The quantitative estimate of drug-likeness (QED) is 0.722. The summed E-state index contributed by atoms with van der Waals surface area (Å²) in [6.07, 6.45) is -0.645. The summed E-state index contributed by atoms with van der Waals surface area (Å²) in [5.41, 5.74) is 0.693. The molecule has 1 aromatic carbocycles. The number of H-pyrrole nitrogens is 1. The third-order valence-electron chi connectivity index (χ3n) is 2.28. The molecule has 1 unspecified atom stereocenters. The van der Waals surface area contributed by atoms with Crippen LogP contribution in [0.5, 0.6) is 0 Å². The lowest BCUT2D eigenvalue weighted by Gasteiger charge is -2.10. The van der Waals surface area contributed by atoms with Gasteiger partial charge < -0.3 is 14.8 Å². The van der Waals surface area contributed by atoms with E-state index >= 15 is 0 Å². The molecule has 0 bridgehead atoms. The molecule has 7 heteroatoms. The highest BCUT2D eigenvalue weighted by Crippen LogP contribution is 2.08. The van der Waals surface area contributed by atoms with Crippen LogP contribution in [-0.4, -0.2) is 28.0 Å². The maximum Gasteiger partial charge on any atom is 0.434 e. The Balaban J connectivity index is 1.83. The summed E-state index contributed by atoms with van der Waals surface area (Å²) in [5, 5.41) is 18.3. The first-order chi connectivity index (χ1) is 8.63. The van der Waals surface area contributed by atoms with E-state index in [2.05, 4.69) is 19.9 Å². The molecule has 1 heterocycles. The SMILES string of the molecule is O=c1[nH]nc(CC(O)CNc2ccc(F)cc2)o1. The van der Waals surface area contributed by atoms with Crippen molar-refractivity contribution in [3.05, 3.63) is 46.5 Å². The van der Waals surface area contributed by atoms with E-state index in [9.17, 15) is 14.3 Å². The highest BCUT2D eigenvalue weighted by atomic mass is 19.1. The largest absolute Gasteiger partial charge is 0.434 e. The van der Waals surface area contributed by atoms with Crippen LogP contribution in [0.15, 0.2) is 33.5 Å². The van der Waals surface area contributed by atoms with Gasteiger partial charge in [0.15, 0.2) is 0 Å². The van der Waals surface area contributed by atoms with Crippen molar-refractivity contribution in [2.75, 3.05) is 11.9 Å². The van der Waals surface area contributed by atoms with Crippen molar-refractivity contribution in [2.24, 2.45) is 0 Å². The van der Waals surface area contributed by atoms with Gasteiger partial charge in [-0.25, -0.2) is 14.3 Å². The van der Waals surface area contributed by atoms with E-state index in [0.29, 0.717) is 5.69 Å². The van der Waals surface area contributed by atoms with E-state index < -0.39 is 11.9 Å². The zero-order valence-electron chi connectivity index (χ0n) is 9.39. The predicted molar refractivity (Wildman–Crippen MR) is 61.7 cm³/mol. The highest BCUT2D eigenvalue weighted by Gasteiger charge is 2.10. The number of benzene rings is 1. The summed E-state index contributed by atoms with van der Waals surface area (Å²) in [6.45, 7) is 0.238. The van der Waals surface area contributed by atoms with Gasteiger partial charge in [0.25, 0.3) is 0 Å². The first kappa shape index (κ1) is 12.3. The Morgan fingerprint density at radius 1 is 1.44 bits per heavy atom. The second-order valence-electron chi connectivity index (χ2n) is 3.75. The van der Waals surface area contributed by atoms with E-state index in [0.717, 1.165) is 0 Å². The lowest BCUT2D eigenvalue weighted by molar-refractivity contribution is 0.177. The zero-order chi connectivity index (χ0) is 13.0. The van der Waals surface area contributed by atoms with E-state index in [1.807, 2.05) is 0 Å². The Morgan fingerprint density at radius 3 is 2.78 bits per heavy atom. The third kappa shape index (κ3) is 3.42. The molecule has 18 heavy (non-hydrogen) atoms. The summed E-state index contributed by atoms with van der Waals surface area (Å²) in [5.74, 6) is -0.823. The monoisotopic (exact) mass is 253 g/mol. The Bertz CT molecular complexity index is 549. The van der Waals surface area contributed by atoms with Crippen molar-refractivity contribution in [3.8, 4) is 0 Å². The minimum atomic E-state index is -0.762. The molecule has 0 saturated carbocycles. The number of aromatic nitrogens is 2. The normalized spacial score (nSPS) is 12.3. The van der Waals surface area contributed by atoms with Crippen LogP contribution in [0.1, 0.15) is 5.89 Å². The number of halogens is 1. The number of anilines is 1. The summed E-state index contributed by atoms with van der Waals surface area (Å²) in [6, 6.07) is 5.77. The molecule has 96 valence electrons. The van der Waals surface area contributed by atoms with Gasteiger partial charge in [0, 0.05) is 12.2 Å². The topological polar surface area (TPSA) is 91.2 Å². The molecule has 0 fully saturated rings. The molecule has 0 aliphatic rings. The number of aromatic amines is 1. The summed E-state index contributed by atoms with van der Waals surface area (Å²) in [7, 11) is 0. The fourth-order valence-corrected chi connectivity index (χ4v) is 1.43. The number of aliphatic hydroxyl groups is 1. The minimum Gasteiger partial charge on any atom is -0.392 e. The molecule has 1 aromatic heterocycles. The van der Waals surface area contributed by atoms with Gasteiger partial charge in [-0.1, -0.05) is 0 Å². The molecule has 6 nitrogen and oxygen atoms in total. The number of aliphatic hydroxyl groups excluding tert-OH is 1. The Labute approximate surface area is 101 Å². The van der Waals surface area contributed by atoms with Crippen LogP contribution in [0.4, 0.5) is 10.1 Å². The van der Waals surface area contributed by atoms with Crippen LogP contribution in [0, 0.1) is 5.82 Å². The molecule has 0 aliphatic carbocycles. The third-order valence-corrected chi connectivity index (χ3v) is 2.28. The fourth-order valence-electron chi connectivity index (χ4n) is 1.43. The summed E-state index contributed by atoms with van der Waals surface area (Å²) < 4.78 is 17.3. The van der Waals surface area contributed by atoms with Crippen LogP contribution in [0.3, 0.4) is 0 Å². The van der Waals surface area contributed by atoms with Gasteiger partial charge in [-0.15, -0.1) is 5.10 Å². The van der Waals surface area contributed by atoms with Crippen molar-refractivity contribution in [2.45, 2.75) is 12.5 Å². The van der Waals surface area contributed by atoms with E-state index in [-0.39, 0.29) is 24.7 Å². The number of hydrogen-bond acceptors (Lipinski definition) is 5. The van der Waals surface area contributed by atoms with Crippen LogP contribution in [-0.2, 0) is 6.42 Å². The molecular weight excluding hydrogens is 241 g/mol. The van der Waals surface area contributed by atoms with Crippen LogP contribution < -0.4 is 11.1 Å². The Kier molecular flexibility index (Phi) is 3.73. The average molecular weight is 253 g/mol. The Morgan fingerprint density at radius 2 is 2.17 bits per heavy atom. The molecular formula is C11H12FN3O3. The second kappa shape index (κ2) is 5.46. The number of rotatable bonds is 5. The molecule has 0 radical (unpaired) electrons. The fraction of sp³-hybridized carbons (Fsp3) is 0.273. The van der Waals surface area contributed by atoms with Crippen molar-refractivity contribution < 1.29 is 13.9 Å². The maximum atomic E-state index is 12.6. The first-order valence-corrected chi connectivity index (χ1v) is 5.35. The lowest BCUT2D eigenvalue weighted by atomic mass is 10.2.